The molecule has 2 rings (SSSR count). The molecule has 0 saturated heterocycles. The normalized spacial score (nSPS) is 15.7. The van der Waals surface area contributed by atoms with Crippen molar-refractivity contribution in [1.82, 2.24) is 15.5 Å². The molecule has 0 radical (unpaired) electrons. The van der Waals surface area contributed by atoms with Crippen LogP contribution in [0.3, 0.4) is 0 Å². The highest BCUT2D eigenvalue weighted by molar-refractivity contribution is 5.92. The molecule has 1 fully saturated rings. The Bertz CT molecular complexity index is 443. The van der Waals surface area contributed by atoms with E-state index in [4.69, 9.17) is 4.74 Å². The number of carbonyl (C=O) groups is 1. The Morgan fingerprint density at radius 3 is 2.75 bits per heavy atom. The highest BCUT2D eigenvalue weighted by Crippen LogP contribution is 2.48. The highest BCUT2D eigenvalue weighted by Gasteiger charge is 2.41. The Balaban J connectivity index is 1.83. The van der Waals surface area contributed by atoms with E-state index >= 15 is 0 Å². The number of rotatable bonds is 8. The van der Waals surface area contributed by atoms with Crippen LogP contribution in [-0.2, 0) is 4.74 Å². The standard InChI is InChI=1S/C14H22N4O2/c1-3-15-13(19)11-4-5-12(18-17-11)16-10-14(6-7-14)8-9-20-2/h4-5H,3,6-10H2,1-2H3,(H,15,19)(H,16,18). The van der Waals surface area contributed by atoms with Crippen LogP contribution >= 0.6 is 0 Å². The number of methoxy groups -OCH3 is 1. The number of nitrogens with zero attached hydrogens (tertiary/aromatic N) is 2. The molecule has 1 saturated carbocycles. The molecule has 1 aromatic heterocycles. The summed E-state index contributed by atoms with van der Waals surface area (Å²) in [4.78, 5) is 11.6. The predicted octanol–water partition coefficient (Wildman–Crippen LogP) is 1.45. The van der Waals surface area contributed by atoms with Gasteiger partial charge in [0.15, 0.2) is 5.69 Å². The zero-order valence-corrected chi connectivity index (χ0v) is 12.1. The Morgan fingerprint density at radius 2 is 2.20 bits per heavy atom. The van der Waals surface area contributed by atoms with Crippen LogP contribution in [0.2, 0.25) is 0 Å². The SMILES string of the molecule is CCNC(=O)c1ccc(NCC2(CCOC)CC2)nn1. The smallest absolute Gasteiger partial charge is 0.271 e. The third kappa shape index (κ3) is 3.90. The predicted molar refractivity (Wildman–Crippen MR) is 76.7 cm³/mol. The molecule has 0 aliphatic heterocycles. The monoisotopic (exact) mass is 278 g/mol. The van der Waals surface area contributed by atoms with E-state index in [1.54, 1.807) is 19.2 Å². The molecule has 2 N–H and O–H groups in total. The summed E-state index contributed by atoms with van der Waals surface area (Å²) in [7, 11) is 1.73. The number of hydrogen-bond acceptors (Lipinski definition) is 5. The molecule has 1 aliphatic carbocycles. The van der Waals surface area contributed by atoms with E-state index in [0.717, 1.165) is 19.6 Å². The summed E-state index contributed by atoms with van der Waals surface area (Å²) in [6, 6.07) is 3.49. The van der Waals surface area contributed by atoms with Crippen LogP contribution in [0.4, 0.5) is 5.82 Å². The average molecular weight is 278 g/mol. The summed E-state index contributed by atoms with van der Waals surface area (Å²) >= 11 is 0. The van der Waals surface area contributed by atoms with Gasteiger partial charge in [0.1, 0.15) is 5.82 Å². The molecular weight excluding hydrogens is 256 g/mol. The van der Waals surface area contributed by atoms with Gasteiger partial charge in [-0.3, -0.25) is 4.79 Å². The number of ether oxygens (including phenoxy) is 1. The summed E-state index contributed by atoms with van der Waals surface area (Å²) in [6.07, 6.45) is 3.53. The minimum Gasteiger partial charge on any atom is -0.385 e. The van der Waals surface area contributed by atoms with E-state index in [1.807, 2.05) is 6.92 Å². The Labute approximate surface area is 119 Å². The van der Waals surface area contributed by atoms with Crippen molar-refractivity contribution in [2.24, 2.45) is 5.41 Å². The van der Waals surface area contributed by atoms with Crippen molar-refractivity contribution in [1.29, 1.82) is 0 Å². The van der Waals surface area contributed by atoms with E-state index in [-0.39, 0.29) is 5.91 Å². The van der Waals surface area contributed by atoms with Crippen LogP contribution in [-0.4, -0.2) is 42.9 Å². The van der Waals surface area contributed by atoms with E-state index in [9.17, 15) is 4.79 Å². The fraction of sp³-hybridized carbons (Fsp3) is 0.643. The van der Waals surface area contributed by atoms with E-state index in [2.05, 4.69) is 20.8 Å². The van der Waals surface area contributed by atoms with Gasteiger partial charge in [-0.15, -0.1) is 10.2 Å². The van der Waals surface area contributed by atoms with Crippen molar-refractivity contribution in [2.75, 3.05) is 32.1 Å². The maximum atomic E-state index is 11.6. The minimum atomic E-state index is -0.190. The molecule has 0 aromatic carbocycles. The van der Waals surface area contributed by atoms with Crippen molar-refractivity contribution in [3.8, 4) is 0 Å². The van der Waals surface area contributed by atoms with Gasteiger partial charge < -0.3 is 15.4 Å². The lowest BCUT2D eigenvalue weighted by Crippen LogP contribution is -2.24. The summed E-state index contributed by atoms with van der Waals surface area (Å²) in [5.74, 6) is 0.520. The molecule has 110 valence electrons. The second-order valence-electron chi connectivity index (χ2n) is 5.26. The van der Waals surface area contributed by atoms with E-state index in [1.165, 1.54) is 12.8 Å². The third-order valence-corrected chi connectivity index (χ3v) is 3.67. The molecule has 0 unspecified atom stereocenters. The van der Waals surface area contributed by atoms with Gasteiger partial charge >= 0.3 is 0 Å². The van der Waals surface area contributed by atoms with Gasteiger partial charge in [-0.25, -0.2) is 0 Å². The van der Waals surface area contributed by atoms with Crippen molar-refractivity contribution < 1.29 is 9.53 Å². The molecule has 0 atom stereocenters. The molecule has 1 aliphatic rings. The number of carbonyl (C=O) groups excluding carboxylic acids is 1. The van der Waals surface area contributed by atoms with Gasteiger partial charge in [-0.2, -0.15) is 0 Å². The second-order valence-corrected chi connectivity index (χ2v) is 5.26. The highest BCUT2D eigenvalue weighted by atomic mass is 16.5. The molecule has 6 nitrogen and oxygen atoms in total. The molecule has 1 amide bonds. The van der Waals surface area contributed by atoms with Crippen molar-refractivity contribution >= 4 is 11.7 Å². The van der Waals surface area contributed by atoms with Gasteiger partial charge in [-0.05, 0) is 43.7 Å². The number of hydrogen-bond donors (Lipinski definition) is 2. The molecule has 6 heteroatoms. The van der Waals surface area contributed by atoms with E-state index < -0.39 is 0 Å². The lowest BCUT2D eigenvalue weighted by Gasteiger charge is -2.15. The van der Waals surface area contributed by atoms with Gasteiger partial charge in [0.2, 0.25) is 0 Å². The van der Waals surface area contributed by atoms with Crippen LogP contribution in [0.15, 0.2) is 12.1 Å². The number of nitrogens with one attached hydrogen (secondary N) is 2. The van der Waals surface area contributed by atoms with Gasteiger partial charge in [0.05, 0.1) is 0 Å². The molecule has 0 spiro atoms. The quantitative estimate of drug-likeness (QED) is 0.753. The lowest BCUT2D eigenvalue weighted by molar-refractivity contribution is 0.0950. The first-order valence-corrected chi connectivity index (χ1v) is 7.04. The zero-order valence-electron chi connectivity index (χ0n) is 12.1. The lowest BCUT2D eigenvalue weighted by atomic mass is 10.0. The zero-order chi connectivity index (χ0) is 14.4. The van der Waals surface area contributed by atoms with Crippen LogP contribution in [0.25, 0.3) is 0 Å². The Morgan fingerprint density at radius 1 is 1.40 bits per heavy atom. The van der Waals surface area contributed by atoms with Crippen LogP contribution in [0.1, 0.15) is 36.7 Å². The van der Waals surface area contributed by atoms with Crippen LogP contribution in [0, 0.1) is 5.41 Å². The largest absolute Gasteiger partial charge is 0.385 e. The summed E-state index contributed by atoms with van der Waals surface area (Å²) < 4.78 is 5.13. The number of aromatic nitrogens is 2. The fourth-order valence-corrected chi connectivity index (χ4v) is 2.09. The minimum absolute atomic E-state index is 0.190. The first-order chi connectivity index (χ1) is 9.69. The average Bonchev–Trinajstić information content (AvgIpc) is 3.24. The molecular formula is C14H22N4O2. The fourth-order valence-electron chi connectivity index (χ4n) is 2.09. The topological polar surface area (TPSA) is 76.1 Å². The van der Waals surface area contributed by atoms with Crippen molar-refractivity contribution in [3.63, 3.8) is 0 Å². The summed E-state index contributed by atoms with van der Waals surface area (Å²) in [5.41, 5.74) is 0.702. The third-order valence-electron chi connectivity index (χ3n) is 3.67. The maximum absolute atomic E-state index is 11.6. The first-order valence-electron chi connectivity index (χ1n) is 7.04. The molecule has 1 heterocycles. The van der Waals surface area contributed by atoms with Crippen LogP contribution < -0.4 is 10.6 Å². The number of amides is 1. The van der Waals surface area contributed by atoms with E-state index in [0.29, 0.717) is 23.5 Å². The van der Waals surface area contributed by atoms with Gasteiger partial charge in [-0.1, -0.05) is 0 Å². The molecule has 1 aromatic rings. The molecule has 20 heavy (non-hydrogen) atoms. The van der Waals surface area contributed by atoms with Crippen molar-refractivity contribution in [2.45, 2.75) is 26.2 Å². The van der Waals surface area contributed by atoms with Gasteiger partial charge in [0.25, 0.3) is 5.91 Å². The first kappa shape index (κ1) is 14.7. The Kier molecular flexibility index (Phi) is 4.89. The number of anilines is 1. The maximum Gasteiger partial charge on any atom is 0.271 e. The molecule has 0 bridgehead atoms. The Hall–Kier alpha value is -1.69. The van der Waals surface area contributed by atoms with Gasteiger partial charge in [0, 0.05) is 26.8 Å². The van der Waals surface area contributed by atoms with Crippen LogP contribution in [0.5, 0.6) is 0 Å². The summed E-state index contributed by atoms with van der Waals surface area (Å²) in [5, 5.41) is 14.0. The second kappa shape index (κ2) is 6.65. The van der Waals surface area contributed by atoms with Crippen molar-refractivity contribution in [3.05, 3.63) is 17.8 Å². The summed E-state index contributed by atoms with van der Waals surface area (Å²) in [6.45, 7) is 4.13.